The average Bonchev–Trinajstić information content (AvgIpc) is 2.91. The van der Waals surface area contributed by atoms with Crippen LogP contribution in [-0.2, 0) is 18.9 Å². The summed E-state index contributed by atoms with van der Waals surface area (Å²) >= 11 is 0. The fraction of sp³-hybridized carbons (Fsp3) is 0.800. The lowest BCUT2D eigenvalue weighted by Gasteiger charge is -2.43. The molecule has 2 aliphatic rings. The summed E-state index contributed by atoms with van der Waals surface area (Å²) in [5, 5.41) is 7.74. The zero-order valence-corrected chi connectivity index (χ0v) is 11.6. The van der Waals surface area contributed by atoms with E-state index in [9.17, 15) is 9.59 Å². The smallest absolute Gasteiger partial charge is 0.325 e. The summed E-state index contributed by atoms with van der Waals surface area (Å²) in [5.41, 5.74) is 0. The van der Waals surface area contributed by atoms with Gasteiger partial charge in [0.15, 0.2) is 6.17 Å². The Kier molecular flexibility index (Phi) is 3.99. The molecule has 2 atom stereocenters. The number of carbonyl (C=O) groups is 2. The molecule has 114 valence electrons. The molecule has 4 amide bonds. The van der Waals surface area contributed by atoms with Crippen molar-refractivity contribution >= 4 is 12.1 Å². The third-order valence-electron chi connectivity index (χ3n) is 3.30. The average molecular weight is 290 g/mol. The van der Waals surface area contributed by atoms with E-state index in [0.717, 1.165) is 0 Å². The van der Waals surface area contributed by atoms with Crippen molar-refractivity contribution in [1.82, 2.24) is 20.9 Å². The summed E-state index contributed by atoms with van der Waals surface area (Å²) in [4.78, 5) is 24.7. The molecule has 0 radical (unpaired) electrons. The maximum atomic E-state index is 12.1. The van der Waals surface area contributed by atoms with Gasteiger partial charge >= 0.3 is 18.0 Å². The van der Waals surface area contributed by atoms with Crippen LogP contribution < -0.4 is 16.0 Å². The Balaban J connectivity index is 2.37. The van der Waals surface area contributed by atoms with Crippen molar-refractivity contribution in [2.45, 2.75) is 24.5 Å². The summed E-state index contributed by atoms with van der Waals surface area (Å²) in [6.45, 7) is 0. The number of amides is 4. The van der Waals surface area contributed by atoms with Crippen molar-refractivity contribution in [3.05, 3.63) is 0 Å². The summed E-state index contributed by atoms with van der Waals surface area (Å²) in [5.74, 6) is -1.65. The van der Waals surface area contributed by atoms with Crippen LogP contribution in [0.1, 0.15) is 0 Å². The Morgan fingerprint density at radius 1 is 1.05 bits per heavy atom. The van der Waals surface area contributed by atoms with Gasteiger partial charge in [-0.15, -0.1) is 0 Å². The Hall–Kier alpha value is -1.62. The molecule has 2 unspecified atom stereocenters. The van der Waals surface area contributed by atoms with Gasteiger partial charge in [-0.25, -0.2) is 14.5 Å². The quantitative estimate of drug-likeness (QED) is 0.516. The zero-order chi connectivity index (χ0) is 14.9. The maximum Gasteiger partial charge on any atom is 0.325 e. The van der Waals surface area contributed by atoms with Crippen molar-refractivity contribution in [2.75, 3.05) is 28.4 Å². The maximum absolute atomic E-state index is 12.1. The predicted octanol–water partition coefficient (Wildman–Crippen LogP) is -1.46. The van der Waals surface area contributed by atoms with Gasteiger partial charge in [0.2, 0.25) is 6.29 Å². The number of ether oxygens (including phenoxy) is 4. The van der Waals surface area contributed by atoms with E-state index in [1.807, 2.05) is 0 Å². The van der Waals surface area contributed by atoms with Gasteiger partial charge < -0.3 is 34.9 Å². The van der Waals surface area contributed by atoms with Gasteiger partial charge in [0.05, 0.1) is 0 Å². The zero-order valence-electron chi connectivity index (χ0n) is 11.6. The van der Waals surface area contributed by atoms with E-state index in [4.69, 9.17) is 18.9 Å². The standard InChI is InChI=1S/C10H18N4O6/c1-17-7(18-2)10(19-3,20-4)14-6-5(12-9(14)16)11-8(15)13-6/h5-7H,1-4H3,(H,12,16)(H2,11,13,15). The summed E-state index contributed by atoms with van der Waals surface area (Å²) in [7, 11) is 5.47. The Morgan fingerprint density at radius 3 is 2.15 bits per heavy atom. The minimum Gasteiger partial charge on any atom is -0.350 e. The summed E-state index contributed by atoms with van der Waals surface area (Å²) in [6.07, 6.45) is -2.30. The molecular weight excluding hydrogens is 272 g/mol. The van der Waals surface area contributed by atoms with Crippen LogP contribution in [0.15, 0.2) is 0 Å². The molecule has 3 N–H and O–H groups in total. The van der Waals surface area contributed by atoms with E-state index in [-0.39, 0.29) is 0 Å². The van der Waals surface area contributed by atoms with Crippen LogP contribution in [0.4, 0.5) is 9.59 Å². The highest BCUT2D eigenvalue weighted by molar-refractivity contribution is 5.85. The normalized spacial score (nSPS) is 25.6. The first-order valence-corrected chi connectivity index (χ1v) is 5.86. The van der Waals surface area contributed by atoms with E-state index in [2.05, 4.69) is 16.0 Å². The SMILES string of the molecule is COC(OC)C(OC)(OC)N1C(=O)NC2NC(=O)NC21. The second-order valence-electron chi connectivity index (χ2n) is 4.20. The summed E-state index contributed by atoms with van der Waals surface area (Å²) in [6, 6.07) is -0.896. The second kappa shape index (κ2) is 5.40. The largest absolute Gasteiger partial charge is 0.350 e. The van der Waals surface area contributed by atoms with Crippen LogP contribution in [0.5, 0.6) is 0 Å². The van der Waals surface area contributed by atoms with Crippen molar-refractivity contribution in [3.8, 4) is 0 Å². The van der Waals surface area contributed by atoms with Crippen LogP contribution in [0.3, 0.4) is 0 Å². The lowest BCUT2D eigenvalue weighted by atomic mass is 10.3. The van der Waals surface area contributed by atoms with Crippen LogP contribution in [0.25, 0.3) is 0 Å². The van der Waals surface area contributed by atoms with E-state index in [1.165, 1.54) is 33.3 Å². The van der Waals surface area contributed by atoms with E-state index in [0.29, 0.717) is 0 Å². The van der Waals surface area contributed by atoms with E-state index < -0.39 is 36.6 Å². The first kappa shape index (κ1) is 14.8. The minimum absolute atomic E-state index is 0.405. The first-order valence-electron chi connectivity index (χ1n) is 5.86. The van der Waals surface area contributed by atoms with Crippen molar-refractivity contribution in [3.63, 3.8) is 0 Å². The second-order valence-corrected chi connectivity index (χ2v) is 4.20. The van der Waals surface area contributed by atoms with Gasteiger partial charge in [-0.1, -0.05) is 0 Å². The first-order chi connectivity index (χ1) is 9.53. The van der Waals surface area contributed by atoms with Crippen LogP contribution in [0.2, 0.25) is 0 Å². The third-order valence-corrected chi connectivity index (χ3v) is 3.30. The van der Waals surface area contributed by atoms with Crippen LogP contribution in [0, 0.1) is 0 Å². The third kappa shape index (κ3) is 1.97. The molecule has 2 saturated heterocycles. The Labute approximate surface area is 115 Å². The fourth-order valence-electron chi connectivity index (χ4n) is 2.45. The van der Waals surface area contributed by atoms with Crippen molar-refractivity contribution in [2.24, 2.45) is 0 Å². The van der Waals surface area contributed by atoms with Gasteiger partial charge in [0.1, 0.15) is 6.17 Å². The number of hydrogen-bond acceptors (Lipinski definition) is 6. The molecule has 0 aromatic heterocycles. The molecule has 0 aromatic rings. The molecular formula is C10H18N4O6. The molecule has 0 spiro atoms. The molecule has 2 fully saturated rings. The highest BCUT2D eigenvalue weighted by atomic mass is 16.8. The number of rotatable bonds is 6. The number of urea groups is 2. The van der Waals surface area contributed by atoms with Crippen LogP contribution >= 0.6 is 0 Å². The lowest BCUT2D eigenvalue weighted by molar-refractivity contribution is -0.379. The molecule has 0 bridgehead atoms. The predicted molar refractivity (Wildman–Crippen MR) is 64.2 cm³/mol. The molecule has 10 nitrogen and oxygen atoms in total. The number of carbonyl (C=O) groups excluding carboxylic acids is 2. The number of nitrogens with zero attached hydrogens (tertiary/aromatic N) is 1. The highest BCUT2D eigenvalue weighted by Gasteiger charge is 2.59. The van der Waals surface area contributed by atoms with E-state index in [1.54, 1.807) is 0 Å². The number of fused-ring (bicyclic) bond motifs is 1. The van der Waals surface area contributed by atoms with Crippen LogP contribution in [-0.4, -0.2) is 69.9 Å². The van der Waals surface area contributed by atoms with Crippen molar-refractivity contribution < 1.29 is 28.5 Å². The summed E-state index contributed by atoms with van der Waals surface area (Å²) < 4.78 is 21.0. The molecule has 2 aliphatic heterocycles. The fourth-order valence-corrected chi connectivity index (χ4v) is 2.45. The van der Waals surface area contributed by atoms with Gasteiger partial charge in [0.25, 0.3) is 0 Å². The molecule has 0 saturated carbocycles. The number of methoxy groups -OCH3 is 4. The van der Waals surface area contributed by atoms with Gasteiger partial charge in [-0.2, -0.15) is 0 Å². The van der Waals surface area contributed by atoms with Gasteiger partial charge in [0, 0.05) is 28.4 Å². The van der Waals surface area contributed by atoms with E-state index >= 15 is 0 Å². The molecule has 2 heterocycles. The van der Waals surface area contributed by atoms with Crippen molar-refractivity contribution in [1.29, 1.82) is 0 Å². The number of nitrogens with one attached hydrogen (secondary N) is 3. The minimum atomic E-state index is -1.65. The Bertz CT molecular complexity index is 397. The highest BCUT2D eigenvalue weighted by Crippen LogP contribution is 2.31. The molecule has 0 aliphatic carbocycles. The number of hydrogen-bond donors (Lipinski definition) is 3. The van der Waals surface area contributed by atoms with Gasteiger partial charge in [-0.3, -0.25) is 0 Å². The Morgan fingerprint density at radius 2 is 1.65 bits per heavy atom. The molecule has 10 heteroatoms. The van der Waals surface area contributed by atoms with Gasteiger partial charge in [-0.05, 0) is 0 Å². The monoisotopic (exact) mass is 290 g/mol. The topological polar surface area (TPSA) is 110 Å². The lowest BCUT2D eigenvalue weighted by Crippen LogP contribution is -2.65. The molecule has 2 rings (SSSR count). The molecule has 0 aromatic carbocycles. The molecule has 20 heavy (non-hydrogen) atoms.